The van der Waals surface area contributed by atoms with Crippen LogP contribution < -0.4 is 5.32 Å². The standard InChI is InChI=1S/C36H55NO5S/c1-23(18-25(3)14-16-31-27(5)15-17-33(39)42-31)12-11-13-24(2)19-28(6)34(40)30(8)35(41)29(7)20-26(4)21-32(38)37-22-36(9,10)43/h11,13-19,21,23,27-31,35,41,43H,12,20,22H2,1-10H3,(H,37,38)/b13-11+,16-14+,24-19+,25-18-,26-21+/t23?,27-,28?,29?,30?,31-,35+/m0/s1. The number of carbonyl (C=O) groups excluding carboxylic acids is 3. The summed E-state index contributed by atoms with van der Waals surface area (Å²) in [6.45, 7) is 19.9. The third-order valence-corrected chi connectivity index (χ3v) is 7.67. The number of ether oxygens (including phenoxy) is 1. The maximum absolute atomic E-state index is 13.1. The van der Waals surface area contributed by atoms with Crippen molar-refractivity contribution in [2.75, 3.05) is 6.54 Å². The third-order valence-electron chi connectivity index (χ3n) is 7.51. The normalized spacial score (nSPS) is 22.3. The number of hydrogen-bond donors (Lipinski definition) is 3. The largest absolute Gasteiger partial charge is 0.454 e. The van der Waals surface area contributed by atoms with Crippen molar-refractivity contribution < 1.29 is 24.2 Å². The monoisotopic (exact) mass is 613 g/mol. The summed E-state index contributed by atoms with van der Waals surface area (Å²) in [4.78, 5) is 36.8. The first-order valence-electron chi connectivity index (χ1n) is 15.4. The maximum atomic E-state index is 13.1. The summed E-state index contributed by atoms with van der Waals surface area (Å²) in [6, 6.07) is 0. The van der Waals surface area contributed by atoms with Crippen LogP contribution in [0.25, 0.3) is 0 Å². The number of thiol groups is 1. The van der Waals surface area contributed by atoms with Crippen molar-refractivity contribution in [2.24, 2.45) is 29.6 Å². The van der Waals surface area contributed by atoms with E-state index in [1.807, 2.05) is 85.8 Å². The molecule has 0 aliphatic carbocycles. The van der Waals surface area contributed by atoms with Gasteiger partial charge in [-0.2, -0.15) is 12.6 Å². The van der Waals surface area contributed by atoms with Gasteiger partial charge in [-0.15, -0.1) is 0 Å². The predicted molar refractivity (Wildman–Crippen MR) is 181 cm³/mol. The Kier molecular flexibility index (Phi) is 16.3. The number of amides is 1. The molecular formula is C36H55NO5S. The van der Waals surface area contributed by atoms with Crippen molar-refractivity contribution in [1.29, 1.82) is 0 Å². The smallest absolute Gasteiger partial charge is 0.331 e. The molecule has 7 atom stereocenters. The lowest BCUT2D eigenvalue weighted by molar-refractivity contribution is -0.143. The molecule has 6 nitrogen and oxygen atoms in total. The molecule has 1 aliphatic heterocycles. The van der Waals surface area contributed by atoms with Gasteiger partial charge in [-0.05, 0) is 65.4 Å². The molecule has 0 radical (unpaired) electrons. The summed E-state index contributed by atoms with van der Waals surface area (Å²) < 4.78 is 5.07. The number of Topliss-reactive ketones (excluding diaryl/α,β-unsaturated/α-hetero) is 1. The Morgan fingerprint density at radius 2 is 1.72 bits per heavy atom. The van der Waals surface area contributed by atoms with E-state index in [1.165, 1.54) is 6.08 Å². The second-order valence-electron chi connectivity index (χ2n) is 13.1. The number of aliphatic hydroxyl groups excluding tert-OH is 1. The Hall–Kier alpha value is -2.64. The summed E-state index contributed by atoms with van der Waals surface area (Å²) in [5.74, 6) is -1.05. The Labute approximate surface area is 265 Å². The highest BCUT2D eigenvalue weighted by molar-refractivity contribution is 7.81. The minimum absolute atomic E-state index is 0.00495. The van der Waals surface area contributed by atoms with Gasteiger partial charge in [0.05, 0.1) is 6.10 Å². The van der Waals surface area contributed by atoms with E-state index >= 15 is 0 Å². The second-order valence-corrected chi connectivity index (χ2v) is 14.3. The van der Waals surface area contributed by atoms with Crippen LogP contribution in [-0.4, -0.2) is 46.3 Å². The Bertz CT molecular complexity index is 1140. The molecule has 43 heavy (non-hydrogen) atoms. The van der Waals surface area contributed by atoms with E-state index < -0.39 is 12.0 Å². The minimum atomic E-state index is -0.809. The SMILES string of the molecule is CC(=C/C(C)C/C=C/C(C)=C/C(C)C(=O)C(C)[C@H](O)C(C)C/C(C)=C/C(=O)NCC(C)(C)S)/C=C/[C@@H]1OC(=O)C=C[C@@H]1C. The highest BCUT2D eigenvalue weighted by Crippen LogP contribution is 2.24. The van der Waals surface area contributed by atoms with E-state index in [9.17, 15) is 19.5 Å². The first-order chi connectivity index (χ1) is 19.9. The van der Waals surface area contributed by atoms with Gasteiger partial charge in [0.1, 0.15) is 11.9 Å². The van der Waals surface area contributed by atoms with Crippen molar-refractivity contribution in [3.63, 3.8) is 0 Å². The Morgan fingerprint density at radius 1 is 1.09 bits per heavy atom. The van der Waals surface area contributed by atoms with Crippen LogP contribution in [0.3, 0.4) is 0 Å². The molecule has 4 unspecified atom stereocenters. The molecule has 1 aliphatic rings. The quantitative estimate of drug-likeness (QED) is 0.0745. The van der Waals surface area contributed by atoms with Gasteiger partial charge in [-0.3, -0.25) is 9.59 Å². The van der Waals surface area contributed by atoms with Crippen LogP contribution in [0, 0.1) is 29.6 Å². The molecule has 7 heteroatoms. The number of aliphatic hydroxyl groups is 1. The molecule has 0 saturated carbocycles. The fourth-order valence-electron chi connectivity index (χ4n) is 5.00. The summed E-state index contributed by atoms with van der Waals surface area (Å²) >= 11 is 4.42. The minimum Gasteiger partial charge on any atom is -0.454 e. The number of carbonyl (C=O) groups is 3. The van der Waals surface area contributed by atoms with Gasteiger partial charge in [-0.25, -0.2) is 4.79 Å². The lowest BCUT2D eigenvalue weighted by Crippen LogP contribution is -2.34. The van der Waals surface area contributed by atoms with E-state index in [1.54, 1.807) is 13.0 Å². The van der Waals surface area contributed by atoms with E-state index in [-0.39, 0.29) is 46.3 Å². The molecule has 0 aromatic rings. The zero-order valence-electron chi connectivity index (χ0n) is 27.9. The van der Waals surface area contributed by atoms with Gasteiger partial charge >= 0.3 is 5.97 Å². The molecule has 2 N–H and O–H groups in total. The molecule has 0 spiro atoms. The van der Waals surface area contributed by atoms with Gasteiger partial charge in [0.2, 0.25) is 5.91 Å². The molecule has 240 valence electrons. The second kappa shape index (κ2) is 18.2. The zero-order valence-corrected chi connectivity index (χ0v) is 28.8. The molecular weight excluding hydrogens is 558 g/mol. The summed E-state index contributed by atoms with van der Waals surface area (Å²) in [6.07, 6.45) is 17.4. The number of nitrogens with one attached hydrogen (secondary N) is 1. The molecule has 0 bridgehead atoms. The predicted octanol–water partition coefficient (Wildman–Crippen LogP) is 7.13. The van der Waals surface area contributed by atoms with Crippen LogP contribution >= 0.6 is 12.6 Å². The van der Waals surface area contributed by atoms with Gasteiger partial charge < -0.3 is 15.2 Å². The van der Waals surface area contributed by atoms with E-state index in [2.05, 4.69) is 37.0 Å². The number of hydrogen-bond acceptors (Lipinski definition) is 6. The number of rotatable bonds is 16. The fourth-order valence-corrected chi connectivity index (χ4v) is 5.08. The molecule has 0 aromatic carbocycles. The highest BCUT2D eigenvalue weighted by atomic mass is 32.1. The van der Waals surface area contributed by atoms with Crippen LogP contribution in [0.15, 0.2) is 71.4 Å². The van der Waals surface area contributed by atoms with Crippen molar-refractivity contribution in [1.82, 2.24) is 5.32 Å². The van der Waals surface area contributed by atoms with E-state index in [4.69, 9.17) is 4.74 Å². The number of cyclic esters (lactones) is 1. The molecule has 1 amide bonds. The lowest BCUT2D eigenvalue weighted by Gasteiger charge is -2.26. The summed E-state index contributed by atoms with van der Waals surface area (Å²) in [7, 11) is 0. The highest BCUT2D eigenvalue weighted by Gasteiger charge is 2.29. The average Bonchev–Trinajstić information content (AvgIpc) is 2.90. The number of ketones is 1. The molecule has 1 rings (SSSR count). The van der Waals surface area contributed by atoms with Gasteiger partial charge in [0.15, 0.2) is 0 Å². The van der Waals surface area contributed by atoms with Gasteiger partial charge in [-0.1, -0.05) is 87.8 Å². The molecule has 0 saturated heterocycles. The molecule has 0 fully saturated rings. The summed E-state index contributed by atoms with van der Waals surface area (Å²) in [5, 5.41) is 13.8. The third kappa shape index (κ3) is 15.6. The maximum Gasteiger partial charge on any atom is 0.331 e. The Morgan fingerprint density at radius 3 is 2.35 bits per heavy atom. The first-order valence-corrected chi connectivity index (χ1v) is 15.8. The molecule has 1 heterocycles. The lowest BCUT2D eigenvalue weighted by atomic mass is 9.83. The Balaban J connectivity index is 2.63. The van der Waals surface area contributed by atoms with Crippen molar-refractivity contribution in [2.45, 2.75) is 99.0 Å². The van der Waals surface area contributed by atoms with Crippen LogP contribution in [0.4, 0.5) is 0 Å². The zero-order chi connectivity index (χ0) is 32.9. The van der Waals surface area contributed by atoms with Crippen molar-refractivity contribution in [3.8, 4) is 0 Å². The first kappa shape index (κ1) is 38.4. The fraction of sp³-hybridized carbons (Fsp3) is 0.583. The van der Waals surface area contributed by atoms with Crippen LogP contribution in [0.2, 0.25) is 0 Å². The van der Waals surface area contributed by atoms with Gasteiger partial charge in [0.25, 0.3) is 0 Å². The molecule has 0 aromatic heterocycles. The van der Waals surface area contributed by atoms with E-state index in [0.29, 0.717) is 18.9 Å². The topological polar surface area (TPSA) is 92.7 Å². The van der Waals surface area contributed by atoms with E-state index in [0.717, 1.165) is 23.1 Å². The van der Waals surface area contributed by atoms with Crippen molar-refractivity contribution >= 4 is 30.3 Å². The summed E-state index contributed by atoms with van der Waals surface area (Å²) in [5.41, 5.74) is 2.96. The number of allylic oxidation sites excluding steroid dienone is 8. The van der Waals surface area contributed by atoms with Crippen LogP contribution in [0.5, 0.6) is 0 Å². The van der Waals surface area contributed by atoms with Crippen LogP contribution in [0.1, 0.15) is 82.1 Å². The average molecular weight is 614 g/mol. The van der Waals surface area contributed by atoms with Crippen LogP contribution in [-0.2, 0) is 19.1 Å². The van der Waals surface area contributed by atoms with Gasteiger partial charge in [0, 0.05) is 41.2 Å². The van der Waals surface area contributed by atoms with Crippen molar-refractivity contribution in [3.05, 3.63) is 71.4 Å². The number of esters is 1.